The number of sulfonamides is 1. The van der Waals surface area contributed by atoms with Crippen LogP contribution in [-0.2, 0) is 21.4 Å². The molecule has 2 rings (SSSR count). The molecule has 0 aromatic heterocycles. The zero-order valence-corrected chi connectivity index (χ0v) is 17.8. The van der Waals surface area contributed by atoms with Crippen molar-refractivity contribution in [3.63, 3.8) is 0 Å². The van der Waals surface area contributed by atoms with Crippen LogP contribution in [0, 0.1) is 6.92 Å². The molecule has 0 atom stereocenters. The van der Waals surface area contributed by atoms with Crippen molar-refractivity contribution in [3.8, 4) is 5.75 Å². The zero-order chi connectivity index (χ0) is 20.7. The first-order valence-corrected chi connectivity index (χ1v) is 11.1. The number of amides is 1. The lowest BCUT2D eigenvalue weighted by Gasteiger charge is -2.24. The molecule has 152 valence electrons. The molecule has 8 heteroatoms. The van der Waals surface area contributed by atoms with E-state index in [4.69, 9.17) is 16.3 Å². The predicted octanol–water partition coefficient (Wildman–Crippen LogP) is 3.52. The molecule has 0 spiro atoms. The summed E-state index contributed by atoms with van der Waals surface area (Å²) in [4.78, 5) is 12.1. The van der Waals surface area contributed by atoms with Gasteiger partial charge in [0.25, 0.3) is 0 Å². The highest BCUT2D eigenvalue weighted by Crippen LogP contribution is 2.26. The number of methoxy groups -OCH3 is 1. The molecule has 6 nitrogen and oxygen atoms in total. The number of anilines is 1. The highest BCUT2D eigenvalue weighted by Gasteiger charge is 2.19. The third kappa shape index (κ3) is 6.42. The molecule has 0 aliphatic carbocycles. The summed E-state index contributed by atoms with van der Waals surface area (Å²) in [6, 6.07) is 12.6. The number of carbonyl (C=O) groups excluding carboxylic acids is 1. The molecule has 2 aromatic carbocycles. The van der Waals surface area contributed by atoms with E-state index in [-0.39, 0.29) is 18.9 Å². The van der Waals surface area contributed by atoms with Crippen molar-refractivity contribution in [2.45, 2.75) is 26.3 Å². The van der Waals surface area contributed by atoms with E-state index in [1.54, 1.807) is 25.3 Å². The van der Waals surface area contributed by atoms with Gasteiger partial charge in [-0.2, -0.15) is 0 Å². The highest BCUT2D eigenvalue weighted by atomic mass is 35.5. The number of carbonyl (C=O) groups is 1. The van der Waals surface area contributed by atoms with Crippen molar-refractivity contribution in [2.75, 3.05) is 24.2 Å². The summed E-state index contributed by atoms with van der Waals surface area (Å²) in [6.07, 6.45) is 1.76. The molecular weight excluding hydrogens is 400 g/mol. The Kier molecular flexibility index (Phi) is 7.71. The third-order valence-electron chi connectivity index (χ3n) is 4.23. The number of hydrogen-bond donors (Lipinski definition) is 1. The monoisotopic (exact) mass is 424 g/mol. The second-order valence-corrected chi connectivity index (χ2v) is 8.84. The number of benzene rings is 2. The van der Waals surface area contributed by atoms with E-state index in [1.807, 2.05) is 31.2 Å². The first kappa shape index (κ1) is 22.0. The molecule has 0 aliphatic heterocycles. The normalized spacial score (nSPS) is 11.1. The molecule has 28 heavy (non-hydrogen) atoms. The Hall–Kier alpha value is -2.25. The maximum absolute atomic E-state index is 12.2. The minimum atomic E-state index is -3.49. The number of nitrogens with zero attached hydrogens (tertiary/aromatic N) is 1. The maximum atomic E-state index is 12.2. The molecule has 0 radical (unpaired) electrons. The van der Waals surface area contributed by atoms with E-state index in [2.05, 4.69) is 5.32 Å². The molecule has 2 aromatic rings. The van der Waals surface area contributed by atoms with Crippen LogP contribution in [0.15, 0.2) is 42.5 Å². The first-order valence-electron chi connectivity index (χ1n) is 8.84. The number of aryl methyl sites for hydroxylation is 1. The van der Waals surface area contributed by atoms with Gasteiger partial charge in [0.1, 0.15) is 5.75 Å². The van der Waals surface area contributed by atoms with Gasteiger partial charge in [-0.3, -0.25) is 9.10 Å². The van der Waals surface area contributed by atoms with E-state index in [1.165, 1.54) is 4.31 Å². The van der Waals surface area contributed by atoms with Gasteiger partial charge in [-0.25, -0.2) is 8.42 Å². The summed E-state index contributed by atoms with van der Waals surface area (Å²) in [5.74, 6) is 0.589. The van der Waals surface area contributed by atoms with E-state index in [0.717, 1.165) is 23.1 Å². The third-order valence-corrected chi connectivity index (χ3v) is 5.64. The van der Waals surface area contributed by atoms with Crippen LogP contribution in [0.4, 0.5) is 5.69 Å². The topological polar surface area (TPSA) is 75.7 Å². The average Bonchev–Trinajstić information content (AvgIpc) is 2.65. The van der Waals surface area contributed by atoms with E-state index in [0.29, 0.717) is 23.7 Å². The molecule has 0 saturated heterocycles. The average molecular weight is 425 g/mol. The van der Waals surface area contributed by atoms with E-state index < -0.39 is 10.0 Å². The minimum Gasteiger partial charge on any atom is -0.497 e. The quantitative estimate of drug-likeness (QED) is 0.668. The lowest BCUT2D eigenvalue weighted by atomic mass is 10.2. The van der Waals surface area contributed by atoms with Crippen LogP contribution in [0.25, 0.3) is 0 Å². The summed E-state index contributed by atoms with van der Waals surface area (Å²) >= 11 is 6.02. The first-order chi connectivity index (χ1) is 13.2. The van der Waals surface area contributed by atoms with Gasteiger partial charge in [0.15, 0.2) is 0 Å². The van der Waals surface area contributed by atoms with E-state index in [9.17, 15) is 13.2 Å². The van der Waals surface area contributed by atoms with E-state index >= 15 is 0 Å². The zero-order valence-electron chi connectivity index (χ0n) is 16.2. The standard InChI is InChI=1S/C20H25ClN2O4S/c1-15-9-10-17(21)13-19(15)23(28(3,25)26)11-5-8-20(24)22-14-16-6-4-7-18(12-16)27-2/h4,6-7,9-10,12-13H,5,8,11,14H2,1-3H3,(H,22,24). The molecule has 1 N–H and O–H groups in total. The number of halogens is 1. The van der Waals surface area contributed by atoms with Gasteiger partial charge >= 0.3 is 0 Å². The second kappa shape index (κ2) is 9.80. The summed E-state index contributed by atoms with van der Waals surface area (Å²) in [6.45, 7) is 2.41. The molecular formula is C20H25ClN2O4S. The second-order valence-electron chi connectivity index (χ2n) is 6.50. The summed E-state index contributed by atoms with van der Waals surface area (Å²) in [5, 5.41) is 3.30. The van der Waals surface area contributed by atoms with Crippen LogP contribution >= 0.6 is 11.6 Å². The lowest BCUT2D eigenvalue weighted by molar-refractivity contribution is -0.121. The Morgan fingerprint density at radius 1 is 1.21 bits per heavy atom. The number of ether oxygens (including phenoxy) is 1. The molecule has 0 unspecified atom stereocenters. The summed E-state index contributed by atoms with van der Waals surface area (Å²) in [5.41, 5.74) is 2.27. The largest absolute Gasteiger partial charge is 0.497 e. The SMILES string of the molecule is COc1cccc(CNC(=O)CCCN(c2cc(Cl)ccc2C)S(C)(=O)=O)c1. The maximum Gasteiger partial charge on any atom is 0.232 e. The summed E-state index contributed by atoms with van der Waals surface area (Å²) < 4.78 is 30.9. The Bertz CT molecular complexity index is 932. The molecule has 0 heterocycles. The Balaban J connectivity index is 1.93. The number of hydrogen-bond acceptors (Lipinski definition) is 4. The van der Waals surface area contributed by atoms with Crippen molar-refractivity contribution in [1.29, 1.82) is 0 Å². The van der Waals surface area contributed by atoms with Crippen LogP contribution in [0.3, 0.4) is 0 Å². The Labute approximate surface area is 171 Å². The number of rotatable bonds is 9. The Morgan fingerprint density at radius 2 is 1.96 bits per heavy atom. The van der Waals surface area contributed by atoms with Crippen LogP contribution in [0.1, 0.15) is 24.0 Å². The van der Waals surface area contributed by atoms with Crippen LogP contribution in [0.5, 0.6) is 5.75 Å². The van der Waals surface area contributed by atoms with Crippen molar-refractivity contribution in [1.82, 2.24) is 5.32 Å². The molecule has 1 amide bonds. The fourth-order valence-corrected chi connectivity index (χ4v) is 3.95. The van der Waals surface area contributed by atoms with Gasteiger partial charge in [-0.05, 0) is 48.7 Å². The van der Waals surface area contributed by atoms with Crippen molar-refractivity contribution in [2.24, 2.45) is 0 Å². The van der Waals surface area contributed by atoms with Crippen LogP contribution in [-0.4, -0.2) is 34.2 Å². The molecule has 0 aliphatic rings. The molecule has 0 fully saturated rings. The van der Waals surface area contributed by atoms with Gasteiger partial charge in [0.05, 0.1) is 19.1 Å². The fourth-order valence-electron chi connectivity index (χ4n) is 2.77. The highest BCUT2D eigenvalue weighted by molar-refractivity contribution is 7.92. The van der Waals surface area contributed by atoms with Crippen molar-refractivity contribution in [3.05, 3.63) is 58.6 Å². The number of nitrogens with one attached hydrogen (secondary N) is 1. The molecule has 0 saturated carbocycles. The van der Waals surface area contributed by atoms with Crippen molar-refractivity contribution < 1.29 is 17.9 Å². The molecule has 0 bridgehead atoms. The van der Waals surface area contributed by atoms with Gasteiger partial charge < -0.3 is 10.1 Å². The van der Waals surface area contributed by atoms with Crippen molar-refractivity contribution >= 4 is 33.2 Å². The van der Waals surface area contributed by atoms with Gasteiger partial charge in [-0.15, -0.1) is 0 Å². The minimum absolute atomic E-state index is 0.140. The smallest absolute Gasteiger partial charge is 0.232 e. The Morgan fingerprint density at radius 3 is 2.64 bits per heavy atom. The lowest BCUT2D eigenvalue weighted by Crippen LogP contribution is -2.32. The van der Waals surface area contributed by atoms with Gasteiger partial charge in [0.2, 0.25) is 15.9 Å². The summed E-state index contributed by atoms with van der Waals surface area (Å²) in [7, 11) is -1.90. The fraction of sp³-hybridized carbons (Fsp3) is 0.350. The van der Waals surface area contributed by atoms with Gasteiger partial charge in [-0.1, -0.05) is 29.8 Å². The predicted molar refractivity (Wildman–Crippen MR) is 112 cm³/mol. The van der Waals surface area contributed by atoms with Crippen LogP contribution < -0.4 is 14.4 Å². The van der Waals surface area contributed by atoms with Crippen LogP contribution in [0.2, 0.25) is 5.02 Å². The van der Waals surface area contributed by atoms with Gasteiger partial charge in [0, 0.05) is 24.5 Å².